The third kappa shape index (κ3) is 3.23. The topological polar surface area (TPSA) is 58.9 Å². The van der Waals surface area contributed by atoms with E-state index in [-0.39, 0.29) is 5.88 Å². The molecule has 122 valence electrons. The molecule has 0 bridgehead atoms. The molecule has 4 nitrogen and oxygen atoms in total. The second kappa shape index (κ2) is 6.67. The average Bonchev–Trinajstić information content (AvgIpc) is 2.46. The number of pyridine rings is 1. The van der Waals surface area contributed by atoms with Crippen molar-refractivity contribution in [3.63, 3.8) is 0 Å². The Morgan fingerprint density at radius 2 is 1.61 bits per heavy atom. The lowest BCUT2D eigenvalue weighted by molar-refractivity contribution is 0.458. The van der Waals surface area contributed by atoms with Gasteiger partial charge in [0.05, 0.1) is 10.9 Å². The Balaban J connectivity index is 2.55. The zero-order valence-electron chi connectivity index (χ0n) is 14.8. The molecule has 0 atom stereocenters. The van der Waals surface area contributed by atoms with Gasteiger partial charge in [0.25, 0.3) is 0 Å². The summed E-state index contributed by atoms with van der Waals surface area (Å²) in [6.45, 7) is 13.6. The van der Waals surface area contributed by atoms with E-state index in [9.17, 15) is 5.11 Å². The van der Waals surface area contributed by atoms with Gasteiger partial charge in [0.15, 0.2) is 0 Å². The molecule has 0 saturated heterocycles. The highest BCUT2D eigenvalue weighted by molar-refractivity contribution is 6.90. The van der Waals surface area contributed by atoms with Crippen LogP contribution in [0.1, 0.15) is 47.4 Å². The largest absolute Gasteiger partial charge is 0.493 e. The van der Waals surface area contributed by atoms with Gasteiger partial charge in [0, 0.05) is 12.4 Å². The molecule has 0 aliphatic rings. The second-order valence-corrected chi connectivity index (χ2v) is 12.5. The van der Waals surface area contributed by atoms with Crippen LogP contribution in [0.15, 0.2) is 18.5 Å². The molecule has 2 heterocycles. The van der Waals surface area contributed by atoms with Crippen molar-refractivity contribution < 1.29 is 5.11 Å². The molecule has 0 aliphatic carbocycles. The molecular weight excluding hydrogens is 302 g/mol. The summed E-state index contributed by atoms with van der Waals surface area (Å²) in [7, 11) is -1.83. The van der Waals surface area contributed by atoms with E-state index in [0.29, 0.717) is 33.4 Å². The van der Waals surface area contributed by atoms with E-state index in [4.69, 9.17) is 0 Å². The van der Waals surface area contributed by atoms with E-state index < -0.39 is 8.07 Å². The maximum atomic E-state index is 10.1. The molecule has 1 N–H and O–H groups in total. The number of hydrogen-bond acceptors (Lipinski definition) is 4. The molecule has 0 amide bonds. The minimum absolute atomic E-state index is 0.0571. The van der Waals surface area contributed by atoms with Gasteiger partial charge in [0.2, 0.25) is 11.7 Å². The highest BCUT2D eigenvalue weighted by atomic mass is 28.3. The molecule has 5 heteroatoms. The van der Waals surface area contributed by atoms with Crippen LogP contribution in [0.4, 0.5) is 0 Å². The lowest BCUT2D eigenvalue weighted by Crippen LogP contribution is -2.43. The summed E-state index contributed by atoms with van der Waals surface area (Å²) in [4.78, 5) is 12.6. The standard InChI is InChI=1S/C18H25N3OSi/c1-12(2)23(13(3)4,14(5)6)10-8-17-20-16-7-9-19-11-15(16)18(22)21-17/h7,9,11-14H,1-6H3,(H,20,21,22). The molecule has 2 rings (SSSR count). The second-order valence-electron chi connectivity index (χ2n) is 6.91. The summed E-state index contributed by atoms with van der Waals surface area (Å²) in [5.41, 5.74) is 5.89. The van der Waals surface area contributed by atoms with Gasteiger partial charge in [0.1, 0.15) is 8.07 Å². The van der Waals surface area contributed by atoms with Crippen LogP contribution in [-0.2, 0) is 0 Å². The number of aromatic hydroxyl groups is 1. The van der Waals surface area contributed by atoms with E-state index in [1.54, 1.807) is 18.5 Å². The van der Waals surface area contributed by atoms with Gasteiger partial charge in [-0.05, 0) is 28.6 Å². The SMILES string of the molecule is CC(C)[Si](C#Cc1nc(O)c2cnccc2n1)(C(C)C)C(C)C. The van der Waals surface area contributed by atoms with Crippen molar-refractivity contribution in [1.29, 1.82) is 0 Å². The number of hydrogen-bond donors (Lipinski definition) is 1. The highest BCUT2D eigenvalue weighted by Gasteiger charge is 2.41. The maximum Gasteiger partial charge on any atom is 0.224 e. The van der Waals surface area contributed by atoms with Crippen LogP contribution >= 0.6 is 0 Å². The first-order chi connectivity index (χ1) is 10.8. The quantitative estimate of drug-likeness (QED) is 0.674. The lowest BCUT2D eigenvalue weighted by atomic mass is 10.3. The van der Waals surface area contributed by atoms with Gasteiger partial charge in [-0.3, -0.25) is 4.98 Å². The third-order valence-electron chi connectivity index (χ3n) is 4.73. The highest BCUT2D eigenvalue weighted by Crippen LogP contribution is 2.40. The number of aromatic nitrogens is 3. The van der Waals surface area contributed by atoms with Crippen LogP contribution in [0.25, 0.3) is 10.9 Å². The van der Waals surface area contributed by atoms with Crippen molar-refractivity contribution >= 4 is 19.0 Å². The van der Waals surface area contributed by atoms with Crippen molar-refractivity contribution in [2.75, 3.05) is 0 Å². The Bertz CT molecular complexity index is 738. The molecule has 0 aromatic carbocycles. The Labute approximate surface area is 139 Å². The first kappa shape index (κ1) is 17.4. The number of rotatable bonds is 3. The van der Waals surface area contributed by atoms with E-state index in [1.807, 2.05) is 0 Å². The zero-order chi connectivity index (χ0) is 17.2. The fourth-order valence-electron chi connectivity index (χ4n) is 3.61. The lowest BCUT2D eigenvalue weighted by Gasteiger charge is -2.37. The van der Waals surface area contributed by atoms with Crippen molar-refractivity contribution in [3.05, 3.63) is 24.3 Å². The monoisotopic (exact) mass is 327 g/mol. The summed E-state index contributed by atoms with van der Waals surface area (Å²) < 4.78 is 0. The van der Waals surface area contributed by atoms with Crippen molar-refractivity contribution in [1.82, 2.24) is 15.0 Å². The van der Waals surface area contributed by atoms with E-state index in [0.717, 1.165) is 0 Å². The Kier molecular flexibility index (Phi) is 5.05. The normalized spacial score (nSPS) is 12.0. The first-order valence-electron chi connectivity index (χ1n) is 8.13. The maximum absolute atomic E-state index is 10.1. The molecular formula is C18H25N3OSi. The number of nitrogens with zero attached hydrogens (tertiary/aromatic N) is 3. The molecule has 0 radical (unpaired) electrons. The van der Waals surface area contributed by atoms with Crippen molar-refractivity contribution in [3.8, 4) is 17.3 Å². The molecule has 0 aliphatic heterocycles. The average molecular weight is 328 g/mol. The molecule has 0 spiro atoms. The smallest absolute Gasteiger partial charge is 0.224 e. The first-order valence-corrected chi connectivity index (χ1v) is 10.4. The van der Waals surface area contributed by atoms with Crippen LogP contribution < -0.4 is 0 Å². The van der Waals surface area contributed by atoms with Crippen LogP contribution in [0.2, 0.25) is 16.6 Å². The van der Waals surface area contributed by atoms with E-state index in [2.05, 4.69) is 68.0 Å². The van der Waals surface area contributed by atoms with Crippen LogP contribution in [0, 0.1) is 11.5 Å². The van der Waals surface area contributed by atoms with Crippen LogP contribution in [0.3, 0.4) is 0 Å². The molecule has 0 unspecified atom stereocenters. The predicted octanol–water partition coefficient (Wildman–Crippen LogP) is 4.30. The summed E-state index contributed by atoms with van der Waals surface area (Å²) in [5.74, 6) is 3.50. The summed E-state index contributed by atoms with van der Waals surface area (Å²) in [5, 5.41) is 10.6. The molecule has 23 heavy (non-hydrogen) atoms. The van der Waals surface area contributed by atoms with Gasteiger partial charge in [-0.2, -0.15) is 4.98 Å². The molecule has 0 fully saturated rings. The Morgan fingerprint density at radius 1 is 1.00 bits per heavy atom. The minimum atomic E-state index is -1.83. The van der Waals surface area contributed by atoms with Gasteiger partial charge >= 0.3 is 0 Å². The van der Waals surface area contributed by atoms with Gasteiger partial charge in [-0.25, -0.2) is 4.98 Å². The van der Waals surface area contributed by atoms with E-state index in [1.165, 1.54) is 0 Å². The van der Waals surface area contributed by atoms with Gasteiger partial charge in [-0.15, -0.1) is 5.54 Å². The summed E-state index contributed by atoms with van der Waals surface area (Å²) in [6, 6.07) is 1.76. The molecule has 2 aromatic rings. The predicted molar refractivity (Wildman–Crippen MR) is 96.9 cm³/mol. The summed E-state index contributed by atoms with van der Waals surface area (Å²) in [6.07, 6.45) is 3.22. The Hall–Kier alpha value is -1.93. The number of fused-ring (bicyclic) bond motifs is 1. The fraction of sp³-hybridized carbons (Fsp3) is 0.500. The molecule has 2 aromatic heterocycles. The fourth-order valence-corrected chi connectivity index (χ4v) is 8.80. The van der Waals surface area contributed by atoms with Crippen LogP contribution in [-0.4, -0.2) is 28.1 Å². The van der Waals surface area contributed by atoms with Gasteiger partial charge < -0.3 is 5.11 Å². The molecule has 0 saturated carbocycles. The van der Waals surface area contributed by atoms with Gasteiger partial charge in [-0.1, -0.05) is 41.5 Å². The minimum Gasteiger partial charge on any atom is -0.493 e. The van der Waals surface area contributed by atoms with Crippen LogP contribution in [0.5, 0.6) is 5.88 Å². The van der Waals surface area contributed by atoms with Crippen molar-refractivity contribution in [2.45, 2.75) is 58.2 Å². The Morgan fingerprint density at radius 3 is 2.17 bits per heavy atom. The zero-order valence-corrected chi connectivity index (χ0v) is 15.8. The van der Waals surface area contributed by atoms with E-state index >= 15 is 0 Å². The summed E-state index contributed by atoms with van der Waals surface area (Å²) >= 11 is 0. The van der Waals surface area contributed by atoms with Crippen molar-refractivity contribution in [2.24, 2.45) is 0 Å². The third-order valence-corrected chi connectivity index (χ3v) is 11.0.